The lowest BCUT2D eigenvalue weighted by molar-refractivity contribution is 0.182. The number of rotatable bonds is 5. The largest absolute Gasteiger partial charge is 0.322 e. The molecule has 136 valence electrons. The van der Waals surface area contributed by atoms with E-state index < -0.39 is 0 Å². The standard InChI is InChI=1S/C21H24FN3O/c1-15(11-13-23-2)24-21(26)25-14-12-16-5-3-4-6-19(16)20(25)17-7-9-18(22)10-8-17/h3-10,20,23H,1,11-14H2,2H3,(H,24,26)/t20-/m0/s1. The van der Waals surface area contributed by atoms with Crippen molar-refractivity contribution in [3.63, 3.8) is 0 Å². The fourth-order valence-electron chi connectivity index (χ4n) is 3.35. The zero-order valence-electron chi connectivity index (χ0n) is 15.0. The van der Waals surface area contributed by atoms with Crippen LogP contribution in [-0.2, 0) is 6.42 Å². The molecule has 0 bridgehead atoms. The summed E-state index contributed by atoms with van der Waals surface area (Å²) < 4.78 is 13.4. The van der Waals surface area contributed by atoms with E-state index >= 15 is 0 Å². The fourth-order valence-corrected chi connectivity index (χ4v) is 3.35. The van der Waals surface area contributed by atoms with Crippen LogP contribution in [0.2, 0.25) is 0 Å². The quantitative estimate of drug-likeness (QED) is 0.862. The van der Waals surface area contributed by atoms with Crippen molar-refractivity contribution in [2.24, 2.45) is 0 Å². The first-order valence-corrected chi connectivity index (χ1v) is 8.83. The van der Waals surface area contributed by atoms with Gasteiger partial charge in [0.1, 0.15) is 5.82 Å². The Labute approximate surface area is 153 Å². The van der Waals surface area contributed by atoms with Crippen LogP contribution in [0.4, 0.5) is 9.18 Å². The topological polar surface area (TPSA) is 44.4 Å². The maximum atomic E-state index is 13.4. The number of fused-ring (bicyclic) bond motifs is 1. The van der Waals surface area contributed by atoms with Gasteiger partial charge in [0, 0.05) is 18.8 Å². The first-order chi connectivity index (χ1) is 12.6. The third-order valence-corrected chi connectivity index (χ3v) is 4.69. The van der Waals surface area contributed by atoms with Crippen molar-refractivity contribution in [1.29, 1.82) is 0 Å². The molecule has 1 aliphatic heterocycles. The van der Waals surface area contributed by atoms with Crippen molar-refractivity contribution in [3.8, 4) is 0 Å². The Bertz CT molecular complexity index is 788. The van der Waals surface area contributed by atoms with Crippen LogP contribution in [0, 0.1) is 5.82 Å². The molecule has 0 saturated heterocycles. The number of amides is 2. The van der Waals surface area contributed by atoms with E-state index in [1.165, 1.54) is 17.7 Å². The first kappa shape index (κ1) is 18.1. The van der Waals surface area contributed by atoms with Gasteiger partial charge in [0.25, 0.3) is 0 Å². The zero-order valence-corrected chi connectivity index (χ0v) is 15.0. The highest BCUT2D eigenvalue weighted by Crippen LogP contribution is 2.35. The molecule has 0 radical (unpaired) electrons. The molecule has 2 aromatic carbocycles. The molecule has 2 amide bonds. The monoisotopic (exact) mass is 353 g/mol. The summed E-state index contributed by atoms with van der Waals surface area (Å²) in [7, 11) is 1.86. The van der Waals surface area contributed by atoms with E-state index in [-0.39, 0.29) is 17.9 Å². The smallest absolute Gasteiger partial charge is 0.319 e. The first-order valence-electron chi connectivity index (χ1n) is 8.83. The minimum absolute atomic E-state index is 0.171. The number of hydrogen-bond acceptors (Lipinski definition) is 2. The highest BCUT2D eigenvalue weighted by Gasteiger charge is 2.32. The van der Waals surface area contributed by atoms with Crippen molar-refractivity contribution >= 4 is 6.03 Å². The maximum Gasteiger partial charge on any atom is 0.322 e. The molecule has 0 aromatic heterocycles. The minimum Gasteiger partial charge on any atom is -0.319 e. The van der Waals surface area contributed by atoms with Gasteiger partial charge in [-0.1, -0.05) is 43.0 Å². The van der Waals surface area contributed by atoms with Crippen LogP contribution in [0.15, 0.2) is 60.8 Å². The van der Waals surface area contributed by atoms with E-state index in [4.69, 9.17) is 0 Å². The van der Waals surface area contributed by atoms with E-state index in [9.17, 15) is 9.18 Å². The normalized spacial score (nSPS) is 16.1. The van der Waals surface area contributed by atoms with Gasteiger partial charge in [-0.15, -0.1) is 0 Å². The molecule has 0 saturated carbocycles. The van der Waals surface area contributed by atoms with Crippen molar-refractivity contribution in [3.05, 3.63) is 83.3 Å². The highest BCUT2D eigenvalue weighted by molar-refractivity contribution is 5.77. The second-order valence-corrected chi connectivity index (χ2v) is 6.48. The fraction of sp³-hybridized carbons (Fsp3) is 0.286. The van der Waals surface area contributed by atoms with Gasteiger partial charge in [-0.2, -0.15) is 0 Å². The van der Waals surface area contributed by atoms with Crippen molar-refractivity contribution < 1.29 is 9.18 Å². The van der Waals surface area contributed by atoms with Gasteiger partial charge in [0.2, 0.25) is 0 Å². The maximum absolute atomic E-state index is 13.4. The zero-order chi connectivity index (χ0) is 18.5. The Morgan fingerprint density at radius 1 is 1.23 bits per heavy atom. The summed E-state index contributed by atoms with van der Waals surface area (Å²) in [4.78, 5) is 14.7. The van der Waals surface area contributed by atoms with E-state index in [2.05, 4.69) is 23.3 Å². The third-order valence-electron chi connectivity index (χ3n) is 4.69. The summed E-state index contributed by atoms with van der Waals surface area (Å²) in [5.41, 5.74) is 3.89. The van der Waals surface area contributed by atoms with Gasteiger partial charge < -0.3 is 15.5 Å². The molecule has 4 nitrogen and oxygen atoms in total. The van der Waals surface area contributed by atoms with Gasteiger partial charge in [-0.3, -0.25) is 0 Å². The van der Waals surface area contributed by atoms with E-state index in [0.29, 0.717) is 18.7 Å². The van der Waals surface area contributed by atoms with Gasteiger partial charge in [-0.05, 0) is 48.7 Å². The lowest BCUT2D eigenvalue weighted by Crippen LogP contribution is -2.45. The molecule has 1 atom stereocenters. The third kappa shape index (κ3) is 3.94. The predicted octanol–water partition coefficient (Wildman–Crippen LogP) is 3.61. The lowest BCUT2D eigenvalue weighted by atomic mass is 9.88. The van der Waals surface area contributed by atoms with Crippen molar-refractivity contribution in [2.75, 3.05) is 20.1 Å². The van der Waals surface area contributed by atoms with Gasteiger partial charge in [0.05, 0.1) is 6.04 Å². The summed E-state index contributed by atoms with van der Waals surface area (Å²) in [6.07, 6.45) is 1.47. The summed E-state index contributed by atoms with van der Waals surface area (Å²) in [6.45, 7) is 5.29. The van der Waals surface area contributed by atoms with Crippen LogP contribution >= 0.6 is 0 Å². The number of halogens is 1. The summed E-state index contributed by atoms with van der Waals surface area (Å²) >= 11 is 0. The van der Waals surface area contributed by atoms with Crippen LogP contribution in [0.25, 0.3) is 0 Å². The number of hydrogen-bond donors (Lipinski definition) is 2. The molecule has 2 aromatic rings. The lowest BCUT2D eigenvalue weighted by Gasteiger charge is -2.37. The number of benzene rings is 2. The average Bonchev–Trinajstić information content (AvgIpc) is 2.66. The Hall–Kier alpha value is -2.66. The Balaban J connectivity index is 1.89. The molecule has 3 rings (SSSR count). The van der Waals surface area contributed by atoms with Crippen LogP contribution in [-0.4, -0.2) is 31.1 Å². The van der Waals surface area contributed by atoms with E-state index in [1.54, 1.807) is 17.0 Å². The number of urea groups is 1. The average molecular weight is 353 g/mol. The summed E-state index contributed by atoms with van der Waals surface area (Å²) in [5.74, 6) is -0.283. The molecule has 0 fully saturated rings. The van der Waals surface area contributed by atoms with Crippen molar-refractivity contribution in [2.45, 2.75) is 18.9 Å². The Kier molecular flexibility index (Phi) is 5.68. The van der Waals surface area contributed by atoms with Gasteiger partial charge in [0.15, 0.2) is 0 Å². The Morgan fingerprint density at radius 2 is 1.96 bits per heavy atom. The molecule has 5 heteroatoms. The molecule has 1 aliphatic rings. The molecule has 0 aliphatic carbocycles. The number of carbonyl (C=O) groups excluding carboxylic acids is 1. The molecule has 2 N–H and O–H groups in total. The van der Waals surface area contributed by atoms with Crippen LogP contribution < -0.4 is 10.6 Å². The molecular formula is C21H24FN3O. The Morgan fingerprint density at radius 3 is 2.69 bits per heavy atom. The molecule has 0 spiro atoms. The minimum atomic E-state index is -0.283. The SMILES string of the molecule is C=C(CCNC)NC(=O)N1CCc2ccccc2[C@@H]1c1ccc(F)cc1. The van der Waals surface area contributed by atoms with Crippen molar-refractivity contribution in [1.82, 2.24) is 15.5 Å². The molecule has 1 heterocycles. The number of nitrogens with zero attached hydrogens (tertiary/aromatic N) is 1. The van der Waals surface area contributed by atoms with Crippen LogP contribution in [0.5, 0.6) is 0 Å². The number of carbonyl (C=O) groups is 1. The van der Waals surface area contributed by atoms with Crippen LogP contribution in [0.3, 0.4) is 0 Å². The van der Waals surface area contributed by atoms with E-state index in [1.807, 2.05) is 25.2 Å². The second-order valence-electron chi connectivity index (χ2n) is 6.48. The second kappa shape index (κ2) is 8.15. The summed E-state index contributed by atoms with van der Waals surface area (Å²) in [5, 5.41) is 5.95. The summed E-state index contributed by atoms with van der Waals surface area (Å²) in [6, 6.07) is 14.1. The van der Waals surface area contributed by atoms with Crippen LogP contribution in [0.1, 0.15) is 29.2 Å². The van der Waals surface area contributed by atoms with Gasteiger partial charge in [-0.25, -0.2) is 9.18 Å². The molecule has 26 heavy (non-hydrogen) atoms. The molecular weight excluding hydrogens is 329 g/mol. The predicted molar refractivity (Wildman–Crippen MR) is 101 cm³/mol. The number of nitrogens with one attached hydrogen (secondary N) is 2. The molecule has 0 unspecified atom stereocenters. The van der Waals surface area contributed by atoms with E-state index in [0.717, 1.165) is 24.1 Å². The highest BCUT2D eigenvalue weighted by atomic mass is 19.1. The van der Waals surface area contributed by atoms with Gasteiger partial charge >= 0.3 is 6.03 Å².